The second-order valence-corrected chi connectivity index (χ2v) is 5.81. The van der Waals surface area contributed by atoms with Crippen molar-refractivity contribution in [1.29, 1.82) is 0 Å². The molecule has 0 aromatic heterocycles. The Kier molecular flexibility index (Phi) is 8.16. The largest absolute Gasteiger partial charge is 0.456 e. The third kappa shape index (κ3) is 7.21. The third-order valence-corrected chi connectivity index (χ3v) is 3.33. The van der Waals surface area contributed by atoms with E-state index in [1.54, 1.807) is 0 Å². The summed E-state index contributed by atoms with van der Waals surface area (Å²) in [5.74, 6) is -3.38. The molecule has 0 bridgehead atoms. The molecule has 1 amide bonds. The number of ether oxygens (including phenoxy) is 5. The van der Waals surface area contributed by atoms with Crippen LogP contribution in [0.5, 0.6) is 0 Å². The van der Waals surface area contributed by atoms with Gasteiger partial charge in [0, 0.05) is 41.2 Å². The monoisotopic (exact) mass is 389 g/mol. The van der Waals surface area contributed by atoms with Crippen molar-refractivity contribution in [2.45, 2.75) is 65.3 Å². The van der Waals surface area contributed by atoms with Crippen molar-refractivity contribution in [3.8, 4) is 0 Å². The normalized spacial score (nSPS) is 27.1. The Morgan fingerprint density at radius 3 is 1.59 bits per heavy atom. The molecule has 1 unspecified atom stereocenters. The predicted molar refractivity (Wildman–Crippen MR) is 85.8 cm³/mol. The van der Waals surface area contributed by atoms with Crippen LogP contribution in [0.15, 0.2) is 0 Å². The summed E-state index contributed by atoms with van der Waals surface area (Å²) in [6.07, 6.45) is -6.42. The van der Waals surface area contributed by atoms with Crippen molar-refractivity contribution in [2.75, 3.05) is 6.54 Å². The first kappa shape index (κ1) is 22.4. The van der Waals surface area contributed by atoms with Gasteiger partial charge >= 0.3 is 23.9 Å². The Morgan fingerprint density at radius 2 is 1.15 bits per heavy atom. The average molecular weight is 389 g/mol. The first-order valence-electron chi connectivity index (χ1n) is 8.10. The van der Waals surface area contributed by atoms with Gasteiger partial charge in [-0.15, -0.1) is 0 Å². The zero-order valence-electron chi connectivity index (χ0n) is 15.7. The molecule has 11 nitrogen and oxygen atoms in total. The molecule has 0 aromatic carbocycles. The Labute approximate surface area is 155 Å². The SMILES string of the molecule is CC(=O)NC[C@H]1OC(OC(C)=O)[C@H](OC(C)=O)[C@@H](OC(C)=O)[C@@H]1OC(C)=O. The van der Waals surface area contributed by atoms with Gasteiger partial charge in [0.25, 0.3) is 0 Å². The predicted octanol–water partition coefficient (Wildman–Crippen LogP) is -0.794. The smallest absolute Gasteiger partial charge is 0.305 e. The van der Waals surface area contributed by atoms with E-state index < -0.39 is 60.5 Å². The van der Waals surface area contributed by atoms with Gasteiger partial charge in [0.05, 0.1) is 0 Å². The first-order valence-corrected chi connectivity index (χ1v) is 8.10. The minimum absolute atomic E-state index is 0.143. The fourth-order valence-corrected chi connectivity index (χ4v) is 2.52. The van der Waals surface area contributed by atoms with Gasteiger partial charge in [-0.1, -0.05) is 0 Å². The molecular formula is C16H23NO10. The molecule has 1 aliphatic rings. The second kappa shape index (κ2) is 9.86. The van der Waals surface area contributed by atoms with E-state index in [2.05, 4.69) is 5.32 Å². The number of amides is 1. The maximum atomic E-state index is 11.6. The van der Waals surface area contributed by atoms with Crippen LogP contribution in [-0.4, -0.2) is 67.0 Å². The minimum Gasteiger partial charge on any atom is -0.456 e. The molecule has 0 radical (unpaired) electrons. The lowest BCUT2D eigenvalue weighted by atomic mass is 9.97. The minimum atomic E-state index is -1.44. The van der Waals surface area contributed by atoms with Crippen LogP contribution < -0.4 is 5.32 Å². The Morgan fingerprint density at radius 1 is 0.704 bits per heavy atom. The molecule has 0 aliphatic carbocycles. The lowest BCUT2D eigenvalue weighted by molar-refractivity contribution is -0.294. The topological polar surface area (TPSA) is 144 Å². The van der Waals surface area contributed by atoms with Gasteiger partial charge in [-0.2, -0.15) is 0 Å². The summed E-state index contributed by atoms with van der Waals surface area (Å²) in [4.78, 5) is 57.2. The zero-order chi connectivity index (χ0) is 20.7. The summed E-state index contributed by atoms with van der Waals surface area (Å²) < 4.78 is 26.1. The number of hydrogen-bond acceptors (Lipinski definition) is 10. The number of hydrogen-bond donors (Lipinski definition) is 1. The van der Waals surface area contributed by atoms with Crippen LogP contribution >= 0.6 is 0 Å². The van der Waals surface area contributed by atoms with Crippen molar-refractivity contribution >= 4 is 29.8 Å². The Hall–Kier alpha value is -2.69. The van der Waals surface area contributed by atoms with Crippen LogP contribution in [-0.2, 0) is 47.7 Å². The highest BCUT2D eigenvalue weighted by atomic mass is 16.7. The van der Waals surface area contributed by atoms with Gasteiger partial charge in [0.15, 0.2) is 12.2 Å². The number of carbonyl (C=O) groups is 5. The van der Waals surface area contributed by atoms with E-state index >= 15 is 0 Å². The number of carbonyl (C=O) groups excluding carboxylic acids is 5. The van der Waals surface area contributed by atoms with Crippen LogP contribution in [0, 0.1) is 0 Å². The summed E-state index contributed by atoms with van der Waals surface area (Å²) in [5.41, 5.74) is 0. The molecule has 11 heteroatoms. The van der Waals surface area contributed by atoms with Gasteiger partial charge in [0.1, 0.15) is 6.10 Å². The number of esters is 4. The molecule has 1 aliphatic heterocycles. The van der Waals surface area contributed by atoms with E-state index in [4.69, 9.17) is 23.7 Å². The van der Waals surface area contributed by atoms with Crippen LogP contribution in [0.3, 0.4) is 0 Å². The van der Waals surface area contributed by atoms with E-state index in [0.717, 1.165) is 27.7 Å². The van der Waals surface area contributed by atoms with E-state index in [1.165, 1.54) is 6.92 Å². The quantitative estimate of drug-likeness (QED) is 0.453. The van der Waals surface area contributed by atoms with Crippen molar-refractivity contribution in [3.05, 3.63) is 0 Å². The molecule has 5 atom stereocenters. The lowest BCUT2D eigenvalue weighted by Crippen LogP contribution is -2.64. The fraction of sp³-hybridized carbons (Fsp3) is 0.688. The van der Waals surface area contributed by atoms with Crippen LogP contribution in [0.1, 0.15) is 34.6 Å². The van der Waals surface area contributed by atoms with E-state index in [0.29, 0.717) is 0 Å². The number of nitrogens with one attached hydrogen (secondary N) is 1. The van der Waals surface area contributed by atoms with E-state index in [1.807, 2.05) is 0 Å². The average Bonchev–Trinajstić information content (AvgIpc) is 2.49. The summed E-state index contributed by atoms with van der Waals surface area (Å²) >= 11 is 0. The fourth-order valence-electron chi connectivity index (χ4n) is 2.52. The summed E-state index contributed by atoms with van der Waals surface area (Å²) in [6, 6.07) is 0. The molecule has 0 aromatic rings. The number of rotatable bonds is 6. The van der Waals surface area contributed by atoms with Crippen molar-refractivity contribution < 1.29 is 47.7 Å². The van der Waals surface area contributed by atoms with Crippen LogP contribution in [0.25, 0.3) is 0 Å². The van der Waals surface area contributed by atoms with Crippen molar-refractivity contribution in [2.24, 2.45) is 0 Å². The molecule has 1 fully saturated rings. The van der Waals surface area contributed by atoms with E-state index in [9.17, 15) is 24.0 Å². The van der Waals surface area contributed by atoms with Gasteiger partial charge < -0.3 is 29.0 Å². The molecule has 0 saturated carbocycles. The standard InChI is InChI=1S/C16H23NO10/c1-7(18)17-6-12-13(23-8(2)19)14(24-9(3)20)15(25-10(4)21)16(27-12)26-11(5)22/h12-16H,6H2,1-5H3,(H,17,18)/t12-,13-,14+,15-,16?/m1/s1. The molecule has 1 heterocycles. The summed E-state index contributed by atoms with van der Waals surface area (Å²) in [7, 11) is 0. The second-order valence-electron chi connectivity index (χ2n) is 5.81. The van der Waals surface area contributed by atoms with Crippen LogP contribution in [0.2, 0.25) is 0 Å². The van der Waals surface area contributed by atoms with Gasteiger partial charge in [0.2, 0.25) is 18.3 Å². The molecule has 0 spiro atoms. The zero-order valence-corrected chi connectivity index (χ0v) is 15.7. The van der Waals surface area contributed by atoms with Crippen LogP contribution in [0.4, 0.5) is 0 Å². The lowest BCUT2D eigenvalue weighted by Gasteiger charge is -2.43. The molecule has 152 valence electrons. The van der Waals surface area contributed by atoms with Gasteiger partial charge in [-0.3, -0.25) is 24.0 Å². The Balaban J connectivity index is 3.29. The van der Waals surface area contributed by atoms with Crippen molar-refractivity contribution in [3.63, 3.8) is 0 Å². The first-order chi connectivity index (χ1) is 12.5. The molecule has 1 saturated heterocycles. The van der Waals surface area contributed by atoms with E-state index in [-0.39, 0.29) is 6.54 Å². The summed E-state index contributed by atoms with van der Waals surface area (Å²) in [5, 5.41) is 2.48. The van der Waals surface area contributed by atoms with Crippen molar-refractivity contribution in [1.82, 2.24) is 5.32 Å². The maximum Gasteiger partial charge on any atom is 0.305 e. The Bertz CT molecular complexity index is 604. The highest BCUT2D eigenvalue weighted by molar-refractivity contribution is 5.73. The molecule has 27 heavy (non-hydrogen) atoms. The van der Waals surface area contributed by atoms with Gasteiger partial charge in [-0.25, -0.2) is 0 Å². The maximum absolute atomic E-state index is 11.6. The highest BCUT2D eigenvalue weighted by Crippen LogP contribution is 2.29. The molecular weight excluding hydrogens is 366 g/mol. The highest BCUT2D eigenvalue weighted by Gasteiger charge is 2.53. The molecule has 1 N–H and O–H groups in total. The third-order valence-electron chi connectivity index (χ3n) is 3.33. The summed E-state index contributed by atoms with van der Waals surface area (Å²) in [6.45, 7) is 5.55. The molecule has 1 rings (SSSR count). The van der Waals surface area contributed by atoms with Gasteiger partial charge in [-0.05, 0) is 0 Å².